The molecule has 0 amide bonds. The Bertz CT molecular complexity index is 1330. The van der Waals surface area contributed by atoms with E-state index >= 15 is 0 Å². The van der Waals surface area contributed by atoms with Crippen molar-refractivity contribution in [1.29, 1.82) is 0 Å². The van der Waals surface area contributed by atoms with Crippen molar-refractivity contribution in [3.8, 4) is 11.6 Å². The molecule has 6 rings (SSSR count). The van der Waals surface area contributed by atoms with E-state index in [9.17, 15) is 0 Å². The first-order chi connectivity index (χ1) is 14.9. The van der Waals surface area contributed by atoms with Crippen LogP contribution < -0.4 is 4.74 Å². The Kier molecular flexibility index (Phi) is 4.03. The Morgan fingerprint density at radius 3 is 2.68 bits per heavy atom. The number of benzene rings is 2. The Balaban J connectivity index is 1.62. The summed E-state index contributed by atoms with van der Waals surface area (Å²) >= 11 is 1.87. The molecule has 0 bridgehead atoms. The molecule has 5 heteroatoms. The molecule has 4 aromatic rings. The van der Waals surface area contributed by atoms with E-state index in [0.29, 0.717) is 5.92 Å². The SMILES string of the molecule is Cc1nn(-c2ccccc2)c2c1[C@@H]1c3cc4cccc(C)c4nc3SC[C@@H]1C(C)(C)O2. The van der Waals surface area contributed by atoms with Gasteiger partial charge < -0.3 is 4.74 Å². The van der Waals surface area contributed by atoms with Gasteiger partial charge in [0.15, 0.2) is 0 Å². The van der Waals surface area contributed by atoms with Gasteiger partial charge in [0.05, 0.1) is 16.9 Å². The molecule has 0 fully saturated rings. The fourth-order valence-corrected chi connectivity index (χ4v) is 6.61. The van der Waals surface area contributed by atoms with Gasteiger partial charge in [-0.25, -0.2) is 9.67 Å². The third kappa shape index (κ3) is 2.76. The number of fused-ring (bicyclic) bond motifs is 6. The van der Waals surface area contributed by atoms with Gasteiger partial charge in [-0.3, -0.25) is 0 Å². The Morgan fingerprint density at radius 2 is 1.87 bits per heavy atom. The Morgan fingerprint density at radius 1 is 1.06 bits per heavy atom. The van der Waals surface area contributed by atoms with Gasteiger partial charge in [-0.15, -0.1) is 11.8 Å². The van der Waals surface area contributed by atoms with E-state index in [1.165, 1.54) is 22.1 Å². The third-order valence-electron chi connectivity index (χ3n) is 6.80. The smallest absolute Gasteiger partial charge is 0.221 e. The molecule has 2 atom stereocenters. The molecule has 2 aromatic carbocycles. The lowest BCUT2D eigenvalue weighted by atomic mass is 9.72. The zero-order valence-electron chi connectivity index (χ0n) is 18.2. The van der Waals surface area contributed by atoms with Gasteiger partial charge in [0.2, 0.25) is 5.88 Å². The zero-order chi connectivity index (χ0) is 21.3. The topological polar surface area (TPSA) is 39.9 Å². The first-order valence-corrected chi connectivity index (χ1v) is 11.8. The van der Waals surface area contributed by atoms with Crippen LogP contribution in [0.1, 0.15) is 42.1 Å². The van der Waals surface area contributed by atoms with E-state index in [1.54, 1.807) is 0 Å². The number of pyridine rings is 1. The first kappa shape index (κ1) is 18.9. The van der Waals surface area contributed by atoms with Crippen molar-refractivity contribution in [2.45, 2.75) is 44.2 Å². The maximum Gasteiger partial charge on any atom is 0.221 e. The summed E-state index contributed by atoms with van der Waals surface area (Å²) in [5, 5.41) is 7.29. The van der Waals surface area contributed by atoms with Crippen LogP contribution in [-0.4, -0.2) is 26.1 Å². The summed E-state index contributed by atoms with van der Waals surface area (Å²) in [7, 11) is 0. The van der Waals surface area contributed by atoms with E-state index in [0.717, 1.165) is 33.6 Å². The summed E-state index contributed by atoms with van der Waals surface area (Å²) in [5.74, 6) is 2.44. The van der Waals surface area contributed by atoms with Crippen LogP contribution >= 0.6 is 11.8 Å². The molecular formula is C26H25N3OS. The fraction of sp³-hybridized carbons (Fsp3) is 0.308. The number of thioether (sulfide) groups is 1. The predicted molar refractivity (Wildman–Crippen MR) is 126 cm³/mol. The Hall–Kier alpha value is -2.79. The molecule has 156 valence electrons. The van der Waals surface area contributed by atoms with Gasteiger partial charge in [-0.05, 0) is 57.0 Å². The van der Waals surface area contributed by atoms with Crippen molar-refractivity contribution in [3.63, 3.8) is 0 Å². The second-order valence-corrected chi connectivity index (χ2v) is 10.2. The van der Waals surface area contributed by atoms with E-state index in [2.05, 4.69) is 64.1 Å². The fourth-order valence-electron chi connectivity index (χ4n) is 5.17. The second-order valence-electron chi connectivity index (χ2n) is 9.18. The first-order valence-electron chi connectivity index (χ1n) is 10.8. The van der Waals surface area contributed by atoms with Crippen LogP contribution in [0.25, 0.3) is 16.6 Å². The maximum absolute atomic E-state index is 6.68. The number of hydrogen-bond acceptors (Lipinski definition) is 4. The number of nitrogens with zero attached hydrogens (tertiary/aromatic N) is 3. The van der Waals surface area contributed by atoms with E-state index in [-0.39, 0.29) is 11.5 Å². The minimum atomic E-state index is -0.303. The molecule has 0 spiro atoms. The van der Waals surface area contributed by atoms with Gasteiger partial charge in [-0.1, -0.05) is 36.4 Å². The predicted octanol–water partition coefficient (Wildman–Crippen LogP) is 6.06. The summed E-state index contributed by atoms with van der Waals surface area (Å²) < 4.78 is 8.66. The summed E-state index contributed by atoms with van der Waals surface area (Å²) in [6.07, 6.45) is 0. The third-order valence-corrected chi connectivity index (χ3v) is 7.93. The highest BCUT2D eigenvalue weighted by molar-refractivity contribution is 7.99. The van der Waals surface area contributed by atoms with Crippen LogP contribution in [0.3, 0.4) is 0 Å². The van der Waals surface area contributed by atoms with Gasteiger partial charge in [-0.2, -0.15) is 5.10 Å². The molecule has 0 saturated heterocycles. The zero-order valence-corrected chi connectivity index (χ0v) is 19.0. The minimum Gasteiger partial charge on any atom is -0.471 e. The van der Waals surface area contributed by atoms with Crippen molar-refractivity contribution >= 4 is 22.7 Å². The highest BCUT2D eigenvalue weighted by atomic mass is 32.2. The lowest BCUT2D eigenvalue weighted by molar-refractivity contribution is 0.0199. The highest BCUT2D eigenvalue weighted by Crippen LogP contribution is 2.55. The van der Waals surface area contributed by atoms with Crippen LogP contribution in [0.5, 0.6) is 5.88 Å². The lowest BCUT2D eigenvalue weighted by Gasteiger charge is -2.46. The van der Waals surface area contributed by atoms with Crippen LogP contribution in [0.2, 0.25) is 0 Å². The molecule has 0 aliphatic carbocycles. The summed E-state index contributed by atoms with van der Waals surface area (Å²) in [4.78, 5) is 5.12. The van der Waals surface area contributed by atoms with E-state index < -0.39 is 0 Å². The minimum absolute atomic E-state index is 0.227. The number of para-hydroxylation sites is 2. The van der Waals surface area contributed by atoms with Crippen molar-refractivity contribution in [3.05, 3.63) is 77.0 Å². The van der Waals surface area contributed by atoms with Crippen LogP contribution in [0.15, 0.2) is 59.6 Å². The molecule has 0 unspecified atom stereocenters. The van der Waals surface area contributed by atoms with E-state index in [1.807, 2.05) is 34.6 Å². The normalized spacial score (nSPS) is 21.2. The standard InChI is InChI=1S/C26H25N3OS/c1-15-9-8-10-17-13-19-22-20(14-31-24(19)27-23(15)17)26(3,4)30-25-21(22)16(2)28-29(25)18-11-6-5-7-12-18/h5-13,20,22H,14H2,1-4H3/t20-,22+/m0/s1. The quantitative estimate of drug-likeness (QED) is 0.370. The number of rotatable bonds is 1. The lowest BCUT2D eigenvalue weighted by Crippen LogP contribution is -2.47. The van der Waals surface area contributed by atoms with Gasteiger partial charge in [0.25, 0.3) is 0 Å². The number of hydrogen-bond donors (Lipinski definition) is 0. The molecular weight excluding hydrogens is 402 g/mol. The summed E-state index contributed by atoms with van der Waals surface area (Å²) in [6.45, 7) is 8.68. The van der Waals surface area contributed by atoms with Crippen molar-refractivity contribution in [1.82, 2.24) is 14.8 Å². The maximum atomic E-state index is 6.68. The van der Waals surface area contributed by atoms with Crippen molar-refractivity contribution < 1.29 is 4.74 Å². The largest absolute Gasteiger partial charge is 0.471 e. The molecule has 4 heterocycles. The molecule has 0 radical (unpaired) electrons. The Labute approximate surface area is 186 Å². The molecule has 4 nitrogen and oxygen atoms in total. The molecule has 2 aliphatic heterocycles. The number of aryl methyl sites for hydroxylation is 2. The highest BCUT2D eigenvalue weighted by Gasteiger charge is 2.50. The molecule has 2 aromatic heterocycles. The van der Waals surface area contributed by atoms with Gasteiger partial charge >= 0.3 is 0 Å². The second kappa shape index (κ2) is 6.60. The van der Waals surface area contributed by atoms with Gasteiger partial charge in [0.1, 0.15) is 10.6 Å². The number of aromatic nitrogens is 3. The summed E-state index contributed by atoms with van der Waals surface area (Å²) in [5.41, 5.74) is 6.62. The van der Waals surface area contributed by atoms with Crippen LogP contribution in [0.4, 0.5) is 0 Å². The van der Waals surface area contributed by atoms with Crippen molar-refractivity contribution in [2.24, 2.45) is 5.92 Å². The average molecular weight is 428 g/mol. The average Bonchev–Trinajstić information content (AvgIpc) is 3.08. The molecule has 0 N–H and O–H groups in total. The summed E-state index contributed by atoms with van der Waals surface area (Å²) in [6, 6.07) is 19.1. The molecule has 2 aliphatic rings. The van der Waals surface area contributed by atoms with Crippen molar-refractivity contribution in [2.75, 3.05) is 5.75 Å². The van der Waals surface area contributed by atoms with E-state index in [4.69, 9.17) is 14.8 Å². The van der Waals surface area contributed by atoms with Crippen LogP contribution in [-0.2, 0) is 0 Å². The van der Waals surface area contributed by atoms with Crippen LogP contribution in [0, 0.1) is 19.8 Å². The number of ether oxygens (including phenoxy) is 1. The van der Waals surface area contributed by atoms with Gasteiger partial charge in [0, 0.05) is 28.5 Å². The molecule has 31 heavy (non-hydrogen) atoms. The monoisotopic (exact) mass is 427 g/mol. The molecule has 0 saturated carbocycles.